The molecule has 2 rings (SSSR count). The lowest BCUT2D eigenvalue weighted by atomic mass is 9.94. The van der Waals surface area contributed by atoms with Gasteiger partial charge in [0.25, 0.3) is 0 Å². The van der Waals surface area contributed by atoms with E-state index in [1.807, 2.05) is 0 Å². The third kappa shape index (κ3) is 3.16. The average molecular weight is 322 g/mol. The molecule has 0 saturated heterocycles. The number of alkyl halides is 3. The molecule has 0 aromatic heterocycles. The Morgan fingerprint density at radius 3 is 2.14 bits per heavy atom. The van der Waals surface area contributed by atoms with E-state index < -0.39 is 29.4 Å². The van der Waals surface area contributed by atoms with Gasteiger partial charge in [0.05, 0.1) is 11.6 Å². The SMILES string of the molecule is NC(c1cc(F)c(F)cc1Cl)c1ccccc1C(F)(F)F. The first-order valence-electron chi connectivity index (χ1n) is 5.78. The predicted octanol–water partition coefficient (Wildman–Crippen LogP) is 4.69. The maximum Gasteiger partial charge on any atom is 0.416 e. The molecule has 0 aliphatic carbocycles. The molecule has 1 atom stereocenters. The Kier molecular flexibility index (Phi) is 4.20. The molecular weight excluding hydrogens is 313 g/mol. The van der Waals surface area contributed by atoms with E-state index in [1.165, 1.54) is 18.2 Å². The second-order valence-corrected chi connectivity index (χ2v) is 4.76. The minimum atomic E-state index is -4.61. The van der Waals surface area contributed by atoms with Crippen LogP contribution in [-0.4, -0.2) is 0 Å². The summed E-state index contributed by atoms with van der Waals surface area (Å²) in [6, 6.07) is 4.68. The molecule has 2 aromatic carbocycles. The van der Waals surface area contributed by atoms with Gasteiger partial charge >= 0.3 is 6.18 Å². The highest BCUT2D eigenvalue weighted by atomic mass is 35.5. The highest BCUT2D eigenvalue weighted by Gasteiger charge is 2.35. The van der Waals surface area contributed by atoms with Gasteiger partial charge < -0.3 is 5.73 Å². The molecule has 0 heterocycles. The monoisotopic (exact) mass is 321 g/mol. The van der Waals surface area contributed by atoms with Crippen LogP contribution in [-0.2, 0) is 6.18 Å². The van der Waals surface area contributed by atoms with Gasteiger partial charge in [0, 0.05) is 5.02 Å². The summed E-state index contributed by atoms with van der Waals surface area (Å²) in [7, 11) is 0. The van der Waals surface area contributed by atoms with E-state index in [2.05, 4.69) is 0 Å². The molecule has 0 fully saturated rings. The molecule has 0 amide bonds. The van der Waals surface area contributed by atoms with Crippen molar-refractivity contribution in [3.05, 3.63) is 69.7 Å². The number of nitrogens with two attached hydrogens (primary N) is 1. The van der Waals surface area contributed by atoms with E-state index in [4.69, 9.17) is 17.3 Å². The third-order valence-electron chi connectivity index (χ3n) is 2.98. The molecule has 112 valence electrons. The van der Waals surface area contributed by atoms with Gasteiger partial charge in [-0.1, -0.05) is 29.8 Å². The van der Waals surface area contributed by atoms with Crippen molar-refractivity contribution in [2.24, 2.45) is 5.73 Å². The lowest BCUT2D eigenvalue weighted by Crippen LogP contribution is -2.19. The molecule has 2 aromatic rings. The quantitative estimate of drug-likeness (QED) is 0.630. The molecule has 2 N–H and O–H groups in total. The van der Waals surface area contributed by atoms with E-state index in [9.17, 15) is 22.0 Å². The van der Waals surface area contributed by atoms with Gasteiger partial charge in [0.15, 0.2) is 11.6 Å². The maximum atomic E-state index is 13.3. The van der Waals surface area contributed by atoms with Crippen molar-refractivity contribution in [2.45, 2.75) is 12.2 Å². The molecule has 7 heteroatoms. The Morgan fingerprint density at radius 1 is 0.952 bits per heavy atom. The zero-order valence-corrected chi connectivity index (χ0v) is 11.1. The number of rotatable bonds is 2. The number of halogens is 6. The van der Waals surface area contributed by atoms with Crippen LogP contribution in [0, 0.1) is 11.6 Å². The maximum absolute atomic E-state index is 13.3. The predicted molar refractivity (Wildman–Crippen MR) is 68.8 cm³/mol. The Bertz CT molecular complexity index is 669. The molecule has 1 nitrogen and oxygen atoms in total. The van der Waals surface area contributed by atoms with Crippen molar-refractivity contribution in [1.82, 2.24) is 0 Å². The van der Waals surface area contributed by atoms with Crippen LogP contribution < -0.4 is 5.73 Å². The largest absolute Gasteiger partial charge is 0.416 e. The van der Waals surface area contributed by atoms with Crippen LogP contribution in [0.5, 0.6) is 0 Å². The van der Waals surface area contributed by atoms with E-state index in [0.29, 0.717) is 12.1 Å². The summed E-state index contributed by atoms with van der Waals surface area (Å²) in [6.45, 7) is 0. The minimum Gasteiger partial charge on any atom is -0.320 e. The van der Waals surface area contributed by atoms with E-state index in [-0.39, 0.29) is 16.1 Å². The van der Waals surface area contributed by atoms with Crippen LogP contribution in [0.3, 0.4) is 0 Å². The molecule has 0 bridgehead atoms. The fourth-order valence-corrected chi connectivity index (χ4v) is 2.24. The summed E-state index contributed by atoms with van der Waals surface area (Å²) in [5.41, 5.74) is 4.43. The average Bonchev–Trinajstić information content (AvgIpc) is 2.41. The Labute approximate surface area is 122 Å². The van der Waals surface area contributed by atoms with Crippen LogP contribution in [0.1, 0.15) is 22.7 Å². The Balaban J connectivity index is 2.56. The van der Waals surface area contributed by atoms with Crippen molar-refractivity contribution >= 4 is 11.6 Å². The van der Waals surface area contributed by atoms with Gasteiger partial charge in [-0.15, -0.1) is 0 Å². The lowest BCUT2D eigenvalue weighted by Gasteiger charge is -2.19. The van der Waals surface area contributed by atoms with Crippen molar-refractivity contribution in [1.29, 1.82) is 0 Å². The minimum absolute atomic E-state index is 0.118. The van der Waals surface area contributed by atoms with Crippen LogP contribution in [0.15, 0.2) is 36.4 Å². The summed E-state index contributed by atoms with van der Waals surface area (Å²) in [6.07, 6.45) is -4.61. The highest BCUT2D eigenvalue weighted by Crippen LogP contribution is 2.37. The first-order chi connectivity index (χ1) is 9.71. The van der Waals surface area contributed by atoms with Gasteiger partial charge in [-0.25, -0.2) is 8.78 Å². The molecular formula is C14H9ClF5N. The molecule has 0 spiro atoms. The van der Waals surface area contributed by atoms with Gasteiger partial charge in [-0.05, 0) is 29.3 Å². The molecule has 21 heavy (non-hydrogen) atoms. The molecule has 0 aliphatic heterocycles. The second kappa shape index (κ2) is 5.61. The van der Waals surface area contributed by atoms with Gasteiger partial charge in [-0.2, -0.15) is 13.2 Å². The van der Waals surface area contributed by atoms with Gasteiger partial charge in [-0.3, -0.25) is 0 Å². The third-order valence-corrected chi connectivity index (χ3v) is 3.30. The zero-order valence-electron chi connectivity index (χ0n) is 10.4. The molecule has 0 saturated carbocycles. The van der Waals surface area contributed by atoms with Gasteiger partial charge in [0.2, 0.25) is 0 Å². The second-order valence-electron chi connectivity index (χ2n) is 4.35. The Morgan fingerprint density at radius 2 is 1.52 bits per heavy atom. The molecule has 0 radical (unpaired) electrons. The highest BCUT2D eigenvalue weighted by molar-refractivity contribution is 6.31. The molecule has 0 aliphatic rings. The van der Waals surface area contributed by atoms with E-state index in [1.54, 1.807) is 0 Å². The van der Waals surface area contributed by atoms with E-state index >= 15 is 0 Å². The number of benzene rings is 2. The van der Waals surface area contributed by atoms with Crippen LogP contribution in [0.2, 0.25) is 5.02 Å². The van der Waals surface area contributed by atoms with Crippen LogP contribution in [0.25, 0.3) is 0 Å². The normalized spacial score (nSPS) is 13.3. The topological polar surface area (TPSA) is 26.0 Å². The number of hydrogen-bond donors (Lipinski definition) is 1. The first-order valence-corrected chi connectivity index (χ1v) is 6.15. The van der Waals surface area contributed by atoms with Crippen LogP contribution in [0.4, 0.5) is 22.0 Å². The van der Waals surface area contributed by atoms with E-state index in [0.717, 1.165) is 6.07 Å². The fourth-order valence-electron chi connectivity index (χ4n) is 1.97. The summed E-state index contributed by atoms with van der Waals surface area (Å²) in [5.74, 6) is -2.42. The summed E-state index contributed by atoms with van der Waals surface area (Å²) < 4.78 is 65.1. The summed E-state index contributed by atoms with van der Waals surface area (Å²) in [5, 5.41) is -0.238. The number of hydrogen-bond acceptors (Lipinski definition) is 1. The fraction of sp³-hybridized carbons (Fsp3) is 0.143. The lowest BCUT2D eigenvalue weighted by molar-refractivity contribution is -0.138. The standard InChI is InChI=1S/C14H9ClF5N/c15-10-6-12(17)11(16)5-8(10)13(21)7-3-1-2-4-9(7)14(18,19)20/h1-6,13H,21H2. The zero-order chi connectivity index (χ0) is 15.8. The summed E-state index contributed by atoms with van der Waals surface area (Å²) >= 11 is 5.74. The Hall–Kier alpha value is -1.66. The van der Waals surface area contributed by atoms with Crippen molar-refractivity contribution < 1.29 is 22.0 Å². The smallest absolute Gasteiger partial charge is 0.320 e. The summed E-state index contributed by atoms with van der Waals surface area (Å²) in [4.78, 5) is 0. The van der Waals surface area contributed by atoms with Crippen molar-refractivity contribution in [2.75, 3.05) is 0 Å². The first kappa shape index (κ1) is 15.7. The van der Waals surface area contributed by atoms with Crippen molar-refractivity contribution in [3.63, 3.8) is 0 Å². The van der Waals surface area contributed by atoms with Gasteiger partial charge in [0.1, 0.15) is 0 Å². The molecule has 1 unspecified atom stereocenters. The van der Waals surface area contributed by atoms with Crippen LogP contribution >= 0.6 is 11.6 Å². The van der Waals surface area contributed by atoms with Crippen molar-refractivity contribution in [3.8, 4) is 0 Å².